The van der Waals surface area contributed by atoms with Gasteiger partial charge in [-0.3, -0.25) is 4.79 Å². The lowest BCUT2D eigenvalue weighted by molar-refractivity contribution is 0.0655. The van der Waals surface area contributed by atoms with Gasteiger partial charge >= 0.3 is 0 Å². The molecule has 88 valence electrons. The molecule has 0 N–H and O–H groups in total. The zero-order valence-corrected chi connectivity index (χ0v) is 10.5. The third-order valence-corrected chi connectivity index (χ3v) is 2.73. The average Bonchev–Trinajstić information content (AvgIpc) is 2.29. The van der Waals surface area contributed by atoms with E-state index in [0.29, 0.717) is 5.56 Å². The first kappa shape index (κ1) is 12.7. The van der Waals surface area contributed by atoms with Crippen LogP contribution < -0.4 is 4.74 Å². The van der Waals surface area contributed by atoms with E-state index in [1.165, 1.54) is 7.11 Å². The van der Waals surface area contributed by atoms with E-state index in [-0.39, 0.29) is 5.78 Å². The number of rotatable bonds is 4. The first-order valence-electron chi connectivity index (χ1n) is 5.23. The van der Waals surface area contributed by atoms with Gasteiger partial charge in [0.15, 0.2) is 5.78 Å². The van der Waals surface area contributed by atoms with Crippen LogP contribution in [-0.4, -0.2) is 26.1 Å². The third kappa shape index (κ3) is 2.42. The van der Waals surface area contributed by atoms with Gasteiger partial charge in [0.2, 0.25) is 0 Å². The Bertz CT molecular complexity index is 396. The predicted molar refractivity (Wildman–Crippen MR) is 63.3 cm³/mol. The first-order chi connectivity index (χ1) is 7.51. The molecule has 0 saturated heterocycles. The highest BCUT2D eigenvalue weighted by atomic mass is 16.5. The van der Waals surface area contributed by atoms with Gasteiger partial charge in [-0.1, -0.05) is 0 Å². The van der Waals surface area contributed by atoms with Crippen LogP contribution in [0.15, 0.2) is 12.1 Å². The summed E-state index contributed by atoms with van der Waals surface area (Å²) >= 11 is 0. The molecule has 0 radical (unpaired) electrons. The largest absolute Gasteiger partial charge is 0.496 e. The Morgan fingerprint density at radius 2 is 1.81 bits per heavy atom. The summed E-state index contributed by atoms with van der Waals surface area (Å²) < 4.78 is 10.2. The van der Waals surface area contributed by atoms with E-state index in [2.05, 4.69) is 0 Å². The SMILES string of the molecule is COc1cc(C)c(C(=O)C(C)OC)cc1C. The van der Waals surface area contributed by atoms with Gasteiger partial charge in [-0.15, -0.1) is 0 Å². The number of carbonyl (C=O) groups is 1. The molecule has 3 heteroatoms. The van der Waals surface area contributed by atoms with Crippen LogP contribution in [-0.2, 0) is 4.74 Å². The Morgan fingerprint density at radius 1 is 1.19 bits per heavy atom. The number of carbonyl (C=O) groups excluding carboxylic acids is 1. The van der Waals surface area contributed by atoms with E-state index < -0.39 is 6.10 Å². The maximum atomic E-state index is 12.0. The number of methoxy groups -OCH3 is 2. The Balaban J connectivity index is 3.16. The number of ether oxygens (including phenoxy) is 2. The summed E-state index contributed by atoms with van der Waals surface area (Å²) in [5.74, 6) is 0.810. The smallest absolute Gasteiger partial charge is 0.191 e. The zero-order chi connectivity index (χ0) is 12.3. The number of ketones is 1. The molecule has 1 atom stereocenters. The molecule has 16 heavy (non-hydrogen) atoms. The van der Waals surface area contributed by atoms with Crippen molar-refractivity contribution in [3.63, 3.8) is 0 Å². The van der Waals surface area contributed by atoms with Gasteiger partial charge in [-0.2, -0.15) is 0 Å². The van der Waals surface area contributed by atoms with Gasteiger partial charge < -0.3 is 9.47 Å². The Morgan fingerprint density at radius 3 is 2.31 bits per heavy atom. The molecule has 1 aromatic rings. The van der Waals surface area contributed by atoms with Crippen LogP contribution in [0.5, 0.6) is 5.75 Å². The molecule has 3 nitrogen and oxygen atoms in total. The molecule has 0 aliphatic carbocycles. The summed E-state index contributed by atoms with van der Waals surface area (Å²) in [6.07, 6.45) is -0.411. The summed E-state index contributed by atoms with van der Waals surface area (Å²) in [6.45, 7) is 5.57. The van der Waals surface area contributed by atoms with Crippen LogP contribution in [0.2, 0.25) is 0 Å². The topological polar surface area (TPSA) is 35.5 Å². The molecule has 0 bridgehead atoms. The van der Waals surface area contributed by atoms with Gasteiger partial charge in [-0.25, -0.2) is 0 Å². The summed E-state index contributed by atoms with van der Waals surface area (Å²) in [6, 6.07) is 3.73. The van der Waals surface area contributed by atoms with Gasteiger partial charge in [0.1, 0.15) is 11.9 Å². The average molecular weight is 222 g/mol. The lowest BCUT2D eigenvalue weighted by Gasteiger charge is -2.13. The zero-order valence-electron chi connectivity index (χ0n) is 10.5. The molecule has 0 aliphatic heterocycles. The fourth-order valence-electron chi connectivity index (χ4n) is 1.60. The van der Waals surface area contributed by atoms with Crippen LogP contribution in [0.25, 0.3) is 0 Å². The summed E-state index contributed by atoms with van der Waals surface area (Å²) in [5.41, 5.74) is 2.57. The van der Waals surface area contributed by atoms with Crippen molar-refractivity contribution < 1.29 is 14.3 Å². The van der Waals surface area contributed by atoms with E-state index in [0.717, 1.165) is 16.9 Å². The van der Waals surface area contributed by atoms with Gasteiger partial charge in [0.05, 0.1) is 7.11 Å². The molecule has 0 spiro atoms. The number of benzene rings is 1. The van der Waals surface area contributed by atoms with Crippen molar-refractivity contribution in [3.05, 3.63) is 28.8 Å². The molecule has 0 aliphatic rings. The molecular formula is C13H18O3. The van der Waals surface area contributed by atoms with Gasteiger partial charge in [-0.05, 0) is 44.0 Å². The van der Waals surface area contributed by atoms with Crippen molar-refractivity contribution >= 4 is 5.78 Å². The van der Waals surface area contributed by atoms with E-state index in [1.54, 1.807) is 14.0 Å². The van der Waals surface area contributed by atoms with E-state index in [4.69, 9.17) is 9.47 Å². The second kappa shape index (κ2) is 5.12. The maximum Gasteiger partial charge on any atom is 0.191 e. The lowest BCUT2D eigenvalue weighted by atomic mass is 9.98. The molecule has 0 aromatic heterocycles. The van der Waals surface area contributed by atoms with Crippen LogP contribution in [0.1, 0.15) is 28.4 Å². The normalized spacial score (nSPS) is 12.3. The van der Waals surface area contributed by atoms with Crippen molar-refractivity contribution in [2.45, 2.75) is 26.9 Å². The number of Topliss-reactive ketones (excluding diaryl/α,β-unsaturated/α-hetero) is 1. The fourth-order valence-corrected chi connectivity index (χ4v) is 1.60. The molecule has 0 amide bonds. The number of aryl methyl sites for hydroxylation is 2. The van der Waals surface area contributed by atoms with Crippen molar-refractivity contribution in [3.8, 4) is 5.75 Å². The standard InChI is InChI=1S/C13H18O3/c1-8-7-12(16-5)9(2)6-11(8)13(14)10(3)15-4/h6-7,10H,1-5H3. The molecule has 0 fully saturated rings. The minimum absolute atomic E-state index is 0.00533. The van der Waals surface area contributed by atoms with Crippen molar-refractivity contribution in [2.75, 3.05) is 14.2 Å². The quantitative estimate of drug-likeness (QED) is 0.734. The molecule has 1 rings (SSSR count). The van der Waals surface area contributed by atoms with Gasteiger partial charge in [0, 0.05) is 12.7 Å². The van der Waals surface area contributed by atoms with Crippen molar-refractivity contribution in [1.29, 1.82) is 0 Å². The van der Waals surface area contributed by atoms with Crippen molar-refractivity contribution in [2.24, 2.45) is 0 Å². The van der Waals surface area contributed by atoms with Gasteiger partial charge in [0.25, 0.3) is 0 Å². The number of hydrogen-bond donors (Lipinski definition) is 0. The Kier molecular flexibility index (Phi) is 4.07. The first-order valence-corrected chi connectivity index (χ1v) is 5.23. The highest BCUT2D eigenvalue weighted by Gasteiger charge is 2.17. The van der Waals surface area contributed by atoms with E-state index in [1.807, 2.05) is 26.0 Å². The van der Waals surface area contributed by atoms with Crippen LogP contribution in [0.4, 0.5) is 0 Å². The van der Waals surface area contributed by atoms with E-state index in [9.17, 15) is 4.79 Å². The maximum absolute atomic E-state index is 12.0. The molecular weight excluding hydrogens is 204 g/mol. The monoisotopic (exact) mass is 222 g/mol. The second-order valence-electron chi connectivity index (χ2n) is 3.88. The van der Waals surface area contributed by atoms with Crippen LogP contribution in [0.3, 0.4) is 0 Å². The van der Waals surface area contributed by atoms with Crippen molar-refractivity contribution in [1.82, 2.24) is 0 Å². The summed E-state index contributed by atoms with van der Waals surface area (Å²) in [5, 5.41) is 0. The molecule has 0 heterocycles. The van der Waals surface area contributed by atoms with Crippen LogP contribution >= 0.6 is 0 Å². The predicted octanol–water partition coefficient (Wildman–Crippen LogP) is 2.53. The Labute approximate surface area is 96.4 Å². The highest BCUT2D eigenvalue weighted by Crippen LogP contribution is 2.23. The minimum atomic E-state index is -0.411. The summed E-state index contributed by atoms with van der Waals surface area (Å²) in [4.78, 5) is 12.0. The molecule has 0 saturated carbocycles. The molecule has 1 unspecified atom stereocenters. The highest BCUT2D eigenvalue weighted by molar-refractivity contribution is 6.00. The third-order valence-electron chi connectivity index (χ3n) is 2.73. The lowest BCUT2D eigenvalue weighted by Crippen LogP contribution is -2.20. The fraction of sp³-hybridized carbons (Fsp3) is 0.462. The Hall–Kier alpha value is -1.35. The minimum Gasteiger partial charge on any atom is -0.496 e. The van der Waals surface area contributed by atoms with E-state index >= 15 is 0 Å². The summed E-state index contributed by atoms with van der Waals surface area (Å²) in [7, 11) is 3.16. The number of hydrogen-bond acceptors (Lipinski definition) is 3. The van der Waals surface area contributed by atoms with Crippen LogP contribution in [0, 0.1) is 13.8 Å². The second-order valence-corrected chi connectivity index (χ2v) is 3.88. The molecule has 1 aromatic carbocycles.